The topological polar surface area (TPSA) is 72.2 Å². The van der Waals surface area contributed by atoms with Crippen LogP contribution in [0.3, 0.4) is 0 Å². The molecule has 0 aliphatic heterocycles. The SMILES string of the molecule is CC1(NS(=O)(=O)c2cc(N)c(F)cc2F)CCC1. The molecule has 0 spiro atoms. The number of anilines is 1. The van der Waals surface area contributed by atoms with Crippen molar-refractivity contribution in [2.45, 2.75) is 36.6 Å². The zero-order chi connectivity index (χ0) is 13.6. The molecule has 2 rings (SSSR count). The molecule has 3 N–H and O–H groups in total. The highest BCUT2D eigenvalue weighted by atomic mass is 32.2. The summed E-state index contributed by atoms with van der Waals surface area (Å²) in [4.78, 5) is -0.616. The number of halogens is 2. The third kappa shape index (κ3) is 2.32. The number of nitrogens with one attached hydrogen (secondary N) is 1. The third-order valence-electron chi connectivity index (χ3n) is 3.18. The minimum Gasteiger partial charge on any atom is -0.396 e. The summed E-state index contributed by atoms with van der Waals surface area (Å²) in [7, 11) is -4.02. The second-order valence-electron chi connectivity index (χ2n) is 4.82. The number of sulfonamides is 1. The quantitative estimate of drug-likeness (QED) is 0.826. The average Bonchev–Trinajstić information content (AvgIpc) is 2.20. The Morgan fingerprint density at radius 3 is 2.39 bits per heavy atom. The van der Waals surface area contributed by atoms with Crippen LogP contribution in [0.25, 0.3) is 0 Å². The highest BCUT2D eigenvalue weighted by Crippen LogP contribution is 2.33. The van der Waals surface area contributed by atoms with Crippen molar-refractivity contribution >= 4 is 15.7 Å². The summed E-state index contributed by atoms with van der Waals surface area (Å²) in [5.41, 5.74) is 4.32. The Hall–Kier alpha value is -1.21. The van der Waals surface area contributed by atoms with Crippen molar-refractivity contribution in [2.24, 2.45) is 0 Å². The van der Waals surface area contributed by atoms with Crippen LogP contribution in [0, 0.1) is 11.6 Å². The van der Waals surface area contributed by atoms with Crippen molar-refractivity contribution in [3.63, 3.8) is 0 Å². The van der Waals surface area contributed by atoms with Crippen LogP contribution < -0.4 is 10.5 Å². The summed E-state index contributed by atoms with van der Waals surface area (Å²) in [6, 6.07) is 1.28. The van der Waals surface area contributed by atoms with Gasteiger partial charge in [-0.3, -0.25) is 0 Å². The molecule has 1 aliphatic rings. The molecule has 0 aromatic heterocycles. The van der Waals surface area contributed by atoms with Gasteiger partial charge in [0.25, 0.3) is 0 Å². The van der Waals surface area contributed by atoms with Gasteiger partial charge in [0.1, 0.15) is 16.5 Å². The molecule has 100 valence electrons. The van der Waals surface area contributed by atoms with Gasteiger partial charge < -0.3 is 5.73 Å². The number of hydrogen-bond acceptors (Lipinski definition) is 3. The number of nitrogen functional groups attached to an aromatic ring is 1. The van der Waals surface area contributed by atoms with E-state index in [-0.39, 0.29) is 0 Å². The summed E-state index contributed by atoms with van der Waals surface area (Å²) in [5, 5.41) is 0. The van der Waals surface area contributed by atoms with E-state index >= 15 is 0 Å². The first-order valence-electron chi connectivity index (χ1n) is 5.52. The van der Waals surface area contributed by atoms with Crippen LogP contribution in [0.1, 0.15) is 26.2 Å². The van der Waals surface area contributed by atoms with Crippen molar-refractivity contribution in [3.05, 3.63) is 23.8 Å². The van der Waals surface area contributed by atoms with Gasteiger partial charge in [0, 0.05) is 11.6 Å². The third-order valence-corrected chi connectivity index (χ3v) is 4.83. The molecule has 18 heavy (non-hydrogen) atoms. The summed E-state index contributed by atoms with van der Waals surface area (Å²) < 4.78 is 52.9. The van der Waals surface area contributed by atoms with Crippen LogP contribution in [0.15, 0.2) is 17.0 Å². The zero-order valence-corrected chi connectivity index (χ0v) is 10.7. The Morgan fingerprint density at radius 1 is 1.28 bits per heavy atom. The van der Waals surface area contributed by atoms with E-state index in [2.05, 4.69) is 4.72 Å². The normalized spacial score (nSPS) is 18.4. The van der Waals surface area contributed by atoms with E-state index in [9.17, 15) is 17.2 Å². The Morgan fingerprint density at radius 2 is 1.89 bits per heavy atom. The molecule has 7 heteroatoms. The summed E-state index contributed by atoms with van der Waals surface area (Å²) in [6.45, 7) is 1.75. The fourth-order valence-electron chi connectivity index (χ4n) is 1.94. The lowest BCUT2D eigenvalue weighted by Gasteiger charge is -2.38. The molecule has 1 fully saturated rings. The maximum Gasteiger partial charge on any atom is 0.244 e. The fourth-order valence-corrected chi connectivity index (χ4v) is 3.50. The van der Waals surface area contributed by atoms with Gasteiger partial charge >= 0.3 is 0 Å². The van der Waals surface area contributed by atoms with Crippen LogP contribution in [0.2, 0.25) is 0 Å². The van der Waals surface area contributed by atoms with Gasteiger partial charge in [-0.1, -0.05) is 0 Å². The molecule has 0 atom stereocenters. The predicted octanol–water partition coefficient (Wildman–Crippen LogP) is 1.77. The van der Waals surface area contributed by atoms with E-state index in [4.69, 9.17) is 5.73 Å². The van der Waals surface area contributed by atoms with Crippen molar-refractivity contribution in [1.29, 1.82) is 0 Å². The van der Waals surface area contributed by atoms with Gasteiger partial charge in [-0.2, -0.15) is 0 Å². The molecular weight excluding hydrogens is 262 g/mol. The Balaban J connectivity index is 2.38. The van der Waals surface area contributed by atoms with Crippen LogP contribution in [0.4, 0.5) is 14.5 Å². The number of hydrogen-bond donors (Lipinski definition) is 2. The van der Waals surface area contributed by atoms with Crippen LogP contribution in [-0.2, 0) is 10.0 Å². The highest BCUT2D eigenvalue weighted by molar-refractivity contribution is 7.89. The van der Waals surface area contributed by atoms with Crippen LogP contribution in [0.5, 0.6) is 0 Å². The van der Waals surface area contributed by atoms with Gasteiger partial charge in [-0.25, -0.2) is 21.9 Å². The van der Waals surface area contributed by atoms with E-state index in [0.29, 0.717) is 18.9 Å². The molecular formula is C11H14F2N2O2S. The van der Waals surface area contributed by atoms with Crippen molar-refractivity contribution < 1.29 is 17.2 Å². The molecule has 1 aromatic carbocycles. The minimum absolute atomic E-state index is 0.393. The molecule has 0 amide bonds. The smallest absolute Gasteiger partial charge is 0.244 e. The number of rotatable bonds is 3. The second-order valence-corrected chi connectivity index (χ2v) is 6.47. The maximum absolute atomic E-state index is 13.5. The number of benzene rings is 1. The van der Waals surface area contributed by atoms with Crippen LogP contribution in [-0.4, -0.2) is 14.0 Å². The van der Waals surface area contributed by atoms with Crippen molar-refractivity contribution in [1.82, 2.24) is 4.72 Å². The summed E-state index contributed by atoms with van der Waals surface area (Å²) in [5.74, 6) is -2.11. The highest BCUT2D eigenvalue weighted by Gasteiger charge is 2.37. The van der Waals surface area contributed by atoms with E-state index in [1.165, 1.54) is 0 Å². The lowest BCUT2D eigenvalue weighted by Crippen LogP contribution is -2.50. The molecule has 0 radical (unpaired) electrons. The lowest BCUT2D eigenvalue weighted by atomic mass is 9.80. The molecule has 1 aromatic rings. The van der Waals surface area contributed by atoms with Crippen molar-refractivity contribution in [2.75, 3.05) is 5.73 Å². The Labute approximate surface area is 104 Å². The van der Waals surface area contributed by atoms with E-state index in [0.717, 1.165) is 12.5 Å². The molecule has 0 heterocycles. The maximum atomic E-state index is 13.5. The predicted molar refractivity (Wildman–Crippen MR) is 63.3 cm³/mol. The van der Waals surface area contributed by atoms with Crippen molar-refractivity contribution in [3.8, 4) is 0 Å². The van der Waals surface area contributed by atoms with E-state index in [1.54, 1.807) is 6.92 Å². The lowest BCUT2D eigenvalue weighted by molar-refractivity contribution is 0.247. The van der Waals surface area contributed by atoms with E-state index < -0.39 is 37.8 Å². The second kappa shape index (κ2) is 4.17. The largest absolute Gasteiger partial charge is 0.396 e. The standard InChI is InChI=1S/C11H14F2N2O2S/c1-11(3-2-4-11)15-18(16,17)10-6-9(14)7(12)5-8(10)13/h5-6,15H,2-4,14H2,1H3. The van der Waals surface area contributed by atoms with Gasteiger partial charge in [0.05, 0.1) is 5.69 Å². The molecule has 1 saturated carbocycles. The molecule has 4 nitrogen and oxygen atoms in total. The van der Waals surface area contributed by atoms with Gasteiger partial charge in [-0.05, 0) is 32.3 Å². The van der Waals surface area contributed by atoms with Gasteiger partial charge in [-0.15, -0.1) is 0 Å². The monoisotopic (exact) mass is 276 g/mol. The summed E-state index contributed by atoms with van der Waals surface area (Å²) >= 11 is 0. The molecule has 1 aliphatic carbocycles. The summed E-state index contributed by atoms with van der Waals surface area (Å²) in [6.07, 6.45) is 2.32. The Bertz CT molecular complexity index is 583. The first-order chi connectivity index (χ1) is 8.23. The molecule has 0 unspecified atom stereocenters. The molecule has 0 saturated heterocycles. The minimum atomic E-state index is -4.02. The first-order valence-corrected chi connectivity index (χ1v) is 7.00. The Kier molecular flexibility index (Phi) is 3.06. The van der Waals surface area contributed by atoms with E-state index in [1.807, 2.05) is 0 Å². The van der Waals surface area contributed by atoms with Crippen LogP contribution >= 0.6 is 0 Å². The molecule has 0 bridgehead atoms. The van der Waals surface area contributed by atoms with Gasteiger partial charge in [0.2, 0.25) is 10.0 Å². The average molecular weight is 276 g/mol. The zero-order valence-electron chi connectivity index (χ0n) is 9.83. The first kappa shape index (κ1) is 13.2. The fraction of sp³-hybridized carbons (Fsp3) is 0.455. The van der Waals surface area contributed by atoms with Gasteiger partial charge in [0.15, 0.2) is 0 Å². The number of nitrogens with two attached hydrogens (primary N) is 1.